The lowest BCUT2D eigenvalue weighted by molar-refractivity contribution is -0.0366. The number of likely N-dealkylation sites (tertiary alicyclic amines) is 1. The van der Waals surface area contributed by atoms with Crippen LogP contribution in [0.25, 0.3) is 22.0 Å². The fourth-order valence-corrected chi connectivity index (χ4v) is 8.69. The van der Waals surface area contributed by atoms with E-state index in [9.17, 15) is 4.79 Å². The summed E-state index contributed by atoms with van der Waals surface area (Å²) in [5.74, 6) is 0.978. The number of nitrogens with zero attached hydrogens (tertiary/aromatic N) is 7. The highest BCUT2D eigenvalue weighted by Gasteiger charge is 2.41. The molecule has 3 aliphatic heterocycles. The van der Waals surface area contributed by atoms with E-state index in [1.165, 1.54) is 5.56 Å². The van der Waals surface area contributed by atoms with Crippen LogP contribution in [0.2, 0.25) is 5.02 Å². The molecular weight excluding hydrogens is 674 g/mol. The molecule has 4 aromatic rings. The van der Waals surface area contributed by atoms with E-state index < -0.39 is 5.60 Å². The van der Waals surface area contributed by atoms with Crippen LogP contribution in [0.5, 0.6) is 0 Å². The van der Waals surface area contributed by atoms with E-state index in [2.05, 4.69) is 83.3 Å². The van der Waals surface area contributed by atoms with Crippen molar-refractivity contribution in [3.8, 4) is 11.1 Å². The molecule has 0 spiro atoms. The SMILES string of the molecule is CC[C@@]1(C)CN(Cc2ccccc2)CCN1c1nn(C2CCN(C(=O)OC(C)(C)C)CC2)c(C)c1-c1c(Cl)c(C)cc2c1cnn2C1CCCCO1. The van der Waals surface area contributed by atoms with Gasteiger partial charge >= 0.3 is 6.09 Å². The summed E-state index contributed by atoms with van der Waals surface area (Å²) in [5, 5.41) is 12.3. The number of fused-ring (bicyclic) bond motifs is 1. The molecule has 280 valence electrons. The van der Waals surface area contributed by atoms with Gasteiger partial charge in [-0.15, -0.1) is 0 Å². The Hall–Kier alpha value is -3.60. The van der Waals surface area contributed by atoms with Crippen molar-refractivity contribution in [1.82, 2.24) is 29.4 Å². The minimum Gasteiger partial charge on any atom is -0.444 e. The Labute approximate surface area is 314 Å². The van der Waals surface area contributed by atoms with Crippen LogP contribution in [-0.2, 0) is 16.0 Å². The van der Waals surface area contributed by atoms with Gasteiger partial charge in [0.15, 0.2) is 12.0 Å². The summed E-state index contributed by atoms with van der Waals surface area (Å²) >= 11 is 7.41. The van der Waals surface area contributed by atoms with Crippen molar-refractivity contribution in [2.24, 2.45) is 0 Å². The number of anilines is 1. The quantitative estimate of drug-likeness (QED) is 0.188. The average molecular weight is 730 g/mol. The Kier molecular flexibility index (Phi) is 10.4. The third kappa shape index (κ3) is 7.18. The summed E-state index contributed by atoms with van der Waals surface area (Å²) in [5.41, 5.74) is 5.86. The Morgan fingerprint density at radius 1 is 1.02 bits per heavy atom. The molecule has 0 N–H and O–H groups in total. The number of piperazine rings is 1. The molecule has 1 unspecified atom stereocenters. The van der Waals surface area contributed by atoms with Crippen molar-refractivity contribution in [2.75, 3.05) is 44.2 Å². The first-order valence-corrected chi connectivity index (χ1v) is 19.6. The highest BCUT2D eigenvalue weighted by molar-refractivity contribution is 6.36. The van der Waals surface area contributed by atoms with Gasteiger partial charge in [-0.25, -0.2) is 9.48 Å². The van der Waals surface area contributed by atoms with Crippen molar-refractivity contribution < 1.29 is 14.3 Å². The summed E-state index contributed by atoms with van der Waals surface area (Å²) in [6, 6.07) is 13.1. The van der Waals surface area contributed by atoms with Gasteiger partial charge in [0.05, 0.1) is 28.3 Å². The number of rotatable bonds is 7. The summed E-state index contributed by atoms with van der Waals surface area (Å²) in [6.07, 6.45) is 7.36. The largest absolute Gasteiger partial charge is 0.444 e. The zero-order valence-electron chi connectivity index (χ0n) is 32.1. The first kappa shape index (κ1) is 36.7. The smallest absolute Gasteiger partial charge is 0.410 e. The van der Waals surface area contributed by atoms with Gasteiger partial charge in [-0.2, -0.15) is 10.2 Å². The van der Waals surface area contributed by atoms with Gasteiger partial charge in [0.1, 0.15) is 5.60 Å². The minimum absolute atomic E-state index is 0.0841. The maximum Gasteiger partial charge on any atom is 0.410 e. The molecular formula is C41H56ClN7O3. The maximum atomic E-state index is 13.0. The van der Waals surface area contributed by atoms with Gasteiger partial charge in [-0.3, -0.25) is 9.58 Å². The zero-order chi connectivity index (χ0) is 36.8. The second-order valence-electron chi connectivity index (χ2n) is 16.4. The maximum absolute atomic E-state index is 13.0. The second kappa shape index (κ2) is 14.7. The summed E-state index contributed by atoms with van der Waals surface area (Å²) in [4.78, 5) is 19.9. The predicted octanol–water partition coefficient (Wildman–Crippen LogP) is 8.93. The molecule has 1 amide bonds. The van der Waals surface area contributed by atoms with Gasteiger partial charge in [0.25, 0.3) is 0 Å². The fraction of sp³-hybridized carbons (Fsp3) is 0.585. The number of aryl methyl sites for hydroxylation is 1. The molecule has 11 heteroatoms. The van der Waals surface area contributed by atoms with Crippen molar-refractivity contribution >= 4 is 34.4 Å². The molecule has 0 radical (unpaired) electrons. The van der Waals surface area contributed by atoms with E-state index >= 15 is 0 Å². The minimum atomic E-state index is -0.525. The molecule has 52 heavy (non-hydrogen) atoms. The molecule has 7 rings (SSSR count). The number of hydrogen-bond donors (Lipinski definition) is 0. The highest BCUT2D eigenvalue weighted by atomic mass is 35.5. The van der Waals surface area contributed by atoms with E-state index in [0.717, 1.165) is 115 Å². The molecule has 10 nitrogen and oxygen atoms in total. The van der Waals surface area contributed by atoms with Gasteiger partial charge in [0, 0.05) is 68.1 Å². The van der Waals surface area contributed by atoms with Crippen LogP contribution >= 0.6 is 11.6 Å². The first-order valence-electron chi connectivity index (χ1n) is 19.3. The van der Waals surface area contributed by atoms with E-state index in [1.54, 1.807) is 0 Å². The fourth-order valence-electron chi connectivity index (χ4n) is 8.44. The van der Waals surface area contributed by atoms with Crippen LogP contribution < -0.4 is 4.90 Å². The topological polar surface area (TPSA) is 80.9 Å². The lowest BCUT2D eigenvalue weighted by atomic mass is 9.90. The summed E-state index contributed by atoms with van der Waals surface area (Å²) in [6.45, 7) is 20.3. The zero-order valence-corrected chi connectivity index (χ0v) is 32.9. The van der Waals surface area contributed by atoms with E-state index in [-0.39, 0.29) is 23.9 Å². The van der Waals surface area contributed by atoms with Crippen LogP contribution in [-0.4, -0.2) is 85.9 Å². The number of halogens is 1. The number of piperidine rings is 1. The molecule has 5 heterocycles. The van der Waals surface area contributed by atoms with Crippen LogP contribution in [0.4, 0.5) is 10.6 Å². The molecule has 3 saturated heterocycles. The molecule has 0 bridgehead atoms. The number of amides is 1. The van der Waals surface area contributed by atoms with Crippen LogP contribution in [0.1, 0.15) is 102 Å². The van der Waals surface area contributed by atoms with Crippen LogP contribution in [0.3, 0.4) is 0 Å². The first-order chi connectivity index (χ1) is 24.9. The number of aromatic nitrogens is 4. The van der Waals surface area contributed by atoms with Gasteiger partial charge in [0.2, 0.25) is 0 Å². The number of benzene rings is 2. The van der Waals surface area contributed by atoms with Crippen LogP contribution in [0, 0.1) is 13.8 Å². The Bertz CT molecular complexity index is 1890. The molecule has 2 atom stereocenters. The highest BCUT2D eigenvalue weighted by Crippen LogP contribution is 2.47. The van der Waals surface area contributed by atoms with E-state index in [4.69, 9.17) is 31.3 Å². The Morgan fingerprint density at radius 2 is 1.77 bits per heavy atom. The van der Waals surface area contributed by atoms with Crippen molar-refractivity contribution in [3.63, 3.8) is 0 Å². The van der Waals surface area contributed by atoms with Crippen molar-refractivity contribution in [1.29, 1.82) is 0 Å². The lowest BCUT2D eigenvalue weighted by Gasteiger charge is -2.49. The lowest BCUT2D eigenvalue weighted by Crippen LogP contribution is -2.60. The molecule has 2 aromatic carbocycles. The van der Waals surface area contributed by atoms with Gasteiger partial charge in [-0.05, 0) is 97.3 Å². The van der Waals surface area contributed by atoms with Crippen molar-refractivity contribution in [3.05, 3.63) is 64.4 Å². The van der Waals surface area contributed by atoms with E-state index in [1.807, 2.05) is 31.9 Å². The third-order valence-electron chi connectivity index (χ3n) is 11.4. The number of ether oxygens (including phenoxy) is 2. The van der Waals surface area contributed by atoms with Gasteiger partial charge in [-0.1, -0.05) is 48.9 Å². The van der Waals surface area contributed by atoms with Crippen LogP contribution in [0.15, 0.2) is 42.6 Å². The third-order valence-corrected chi connectivity index (χ3v) is 11.9. The summed E-state index contributed by atoms with van der Waals surface area (Å²) in [7, 11) is 0. The Balaban J connectivity index is 1.30. The normalized spacial score (nSPS) is 22.3. The average Bonchev–Trinajstić information content (AvgIpc) is 3.69. The molecule has 0 aliphatic carbocycles. The number of carbonyl (C=O) groups excluding carboxylic acids is 1. The Morgan fingerprint density at radius 3 is 2.44 bits per heavy atom. The molecule has 3 fully saturated rings. The number of carbonyl (C=O) groups is 1. The standard InChI is InChI=1S/C41H56ClN7O3/c1-8-41(7)27-45(26-30-14-10-9-11-15-30)21-22-47(41)38-35(29(3)48(44-38)31-17-19-46(20-18-31)39(50)52-40(4,5)6)36-32-25-43-49(34-16-12-13-23-51-34)33(32)24-28(2)37(36)42/h9-11,14-15,24-25,31,34H,8,12-13,16-23,26-27H2,1-7H3/t34?,41-/m0/s1. The van der Waals surface area contributed by atoms with Crippen molar-refractivity contribution in [2.45, 2.75) is 117 Å². The number of hydrogen-bond acceptors (Lipinski definition) is 7. The molecule has 0 saturated carbocycles. The monoisotopic (exact) mass is 729 g/mol. The molecule has 2 aromatic heterocycles. The van der Waals surface area contributed by atoms with E-state index in [0.29, 0.717) is 13.1 Å². The summed E-state index contributed by atoms with van der Waals surface area (Å²) < 4.78 is 16.2. The second-order valence-corrected chi connectivity index (χ2v) is 16.7. The van der Waals surface area contributed by atoms with Gasteiger partial charge < -0.3 is 19.3 Å². The molecule has 3 aliphatic rings. The predicted molar refractivity (Wildman–Crippen MR) is 208 cm³/mol.